The number of carbonyl (C=O) groups is 2. The van der Waals surface area contributed by atoms with Crippen molar-refractivity contribution in [2.45, 2.75) is 57.9 Å². The molecule has 3 rings (SSSR count). The molecule has 4 nitrogen and oxygen atoms in total. The Morgan fingerprint density at radius 2 is 1.57 bits per heavy atom. The van der Waals surface area contributed by atoms with Crippen LogP contribution in [-0.2, 0) is 4.79 Å². The van der Waals surface area contributed by atoms with Crippen molar-refractivity contribution in [3.63, 3.8) is 0 Å². The van der Waals surface area contributed by atoms with Crippen molar-refractivity contribution in [2.75, 3.05) is 19.6 Å². The molecule has 1 saturated heterocycles. The lowest BCUT2D eigenvalue weighted by atomic mass is 9.92. The van der Waals surface area contributed by atoms with Gasteiger partial charge in [-0.3, -0.25) is 9.59 Å². The Kier molecular flexibility index (Phi) is 8.06. The number of likely N-dealkylation sites (tertiary alicyclic amines) is 1. The minimum Gasteiger partial charge on any atom is -0.340 e. The summed E-state index contributed by atoms with van der Waals surface area (Å²) in [5, 5.41) is 0. The second-order valence-electron chi connectivity index (χ2n) is 8.20. The van der Waals surface area contributed by atoms with Crippen LogP contribution in [-0.4, -0.2) is 47.3 Å². The lowest BCUT2D eigenvalue weighted by Gasteiger charge is -2.39. The molecule has 0 radical (unpaired) electrons. The zero-order valence-electron chi connectivity index (χ0n) is 18.3. The van der Waals surface area contributed by atoms with E-state index in [-0.39, 0.29) is 23.8 Å². The first-order valence-corrected chi connectivity index (χ1v) is 11.3. The zero-order valence-corrected chi connectivity index (χ0v) is 18.3. The van der Waals surface area contributed by atoms with Crippen molar-refractivity contribution in [3.8, 4) is 0 Å². The van der Waals surface area contributed by atoms with Gasteiger partial charge in [-0.05, 0) is 49.3 Å². The average Bonchev–Trinajstić information content (AvgIpc) is 2.81. The van der Waals surface area contributed by atoms with E-state index in [1.165, 1.54) is 5.56 Å². The summed E-state index contributed by atoms with van der Waals surface area (Å²) in [7, 11) is 0. The van der Waals surface area contributed by atoms with Crippen LogP contribution in [0.15, 0.2) is 60.7 Å². The van der Waals surface area contributed by atoms with Crippen LogP contribution in [0.1, 0.15) is 67.8 Å². The van der Waals surface area contributed by atoms with Gasteiger partial charge in [-0.15, -0.1) is 0 Å². The summed E-state index contributed by atoms with van der Waals surface area (Å²) in [4.78, 5) is 30.0. The fourth-order valence-corrected chi connectivity index (χ4v) is 4.45. The highest BCUT2D eigenvalue weighted by atomic mass is 16.2. The van der Waals surface area contributed by atoms with Gasteiger partial charge in [-0.1, -0.05) is 62.4 Å². The average molecular weight is 407 g/mol. The van der Waals surface area contributed by atoms with E-state index >= 15 is 0 Å². The van der Waals surface area contributed by atoms with Gasteiger partial charge in [0.15, 0.2) is 0 Å². The number of rotatable bonds is 8. The summed E-state index contributed by atoms with van der Waals surface area (Å²) >= 11 is 0. The van der Waals surface area contributed by atoms with Crippen LogP contribution in [0.4, 0.5) is 0 Å². The predicted molar refractivity (Wildman–Crippen MR) is 121 cm³/mol. The van der Waals surface area contributed by atoms with Crippen molar-refractivity contribution in [1.82, 2.24) is 9.80 Å². The van der Waals surface area contributed by atoms with Crippen molar-refractivity contribution in [3.05, 3.63) is 71.8 Å². The maximum Gasteiger partial charge on any atom is 0.253 e. The van der Waals surface area contributed by atoms with Crippen molar-refractivity contribution in [2.24, 2.45) is 0 Å². The van der Waals surface area contributed by atoms with E-state index in [2.05, 4.69) is 30.9 Å². The first kappa shape index (κ1) is 22.1. The summed E-state index contributed by atoms with van der Waals surface area (Å²) in [5.74, 6) is 0.607. The molecule has 1 atom stereocenters. The van der Waals surface area contributed by atoms with E-state index in [1.807, 2.05) is 53.4 Å². The Balaban J connectivity index is 1.61. The van der Waals surface area contributed by atoms with Gasteiger partial charge in [0, 0.05) is 37.7 Å². The van der Waals surface area contributed by atoms with Crippen LogP contribution >= 0.6 is 0 Å². The van der Waals surface area contributed by atoms with Crippen LogP contribution < -0.4 is 0 Å². The number of nitrogens with zero attached hydrogens (tertiary/aromatic N) is 2. The molecule has 2 aromatic rings. The SMILES string of the molecule is CCCN(C(=O)CC(CC)c1ccccc1)C1CCN(C(=O)c2ccccc2)CC1. The number of benzene rings is 2. The van der Waals surface area contributed by atoms with Gasteiger partial charge in [0.05, 0.1) is 0 Å². The first-order valence-electron chi connectivity index (χ1n) is 11.3. The minimum absolute atomic E-state index is 0.0949. The maximum absolute atomic E-state index is 13.3. The molecule has 2 aromatic carbocycles. The predicted octanol–water partition coefficient (Wildman–Crippen LogP) is 5.11. The zero-order chi connectivity index (χ0) is 21.3. The van der Waals surface area contributed by atoms with Gasteiger partial charge in [0.25, 0.3) is 5.91 Å². The third kappa shape index (κ3) is 5.50. The Morgan fingerprint density at radius 3 is 2.13 bits per heavy atom. The highest BCUT2D eigenvalue weighted by Gasteiger charge is 2.30. The molecule has 0 N–H and O–H groups in total. The largest absolute Gasteiger partial charge is 0.340 e. The number of carbonyl (C=O) groups excluding carboxylic acids is 2. The minimum atomic E-state index is 0.0949. The van der Waals surface area contributed by atoms with Crippen LogP contribution in [0.3, 0.4) is 0 Å². The third-order valence-corrected chi connectivity index (χ3v) is 6.18. The number of hydrogen-bond donors (Lipinski definition) is 0. The maximum atomic E-state index is 13.3. The highest BCUT2D eigenvalue weighted by Crippen LogP contribution is 2.26. The third-order valence-electron chi connectivity index (χ3n) is 6.18. The van der Waals surface area contributed by atoms with Crippen molar-refractivity contribution in [1.29, 1.82) is 0 Å². The van der Waals surface area contributed by atoms with Crippen molar-refractivity contribution >= 4 is 11.8 Å². The molecule has 0 spiro atoms. The quantitative estimate of drug-likeness (QED) is 0.611. The molecule has 4 heteroatoms. The molecular weight excluding hydrogens is 372 g/mol. The molecule has 0 saturated carbocycles. The summed E-state index contributed by atoms with van der Waals surface area (Å²) in [6.07, 6.45) is 4.18. The topological polar surface area (TPSA) is 40.6 Å². The summed E-state index contributed by atoms with van der Waals surface area (Å²) < 4.78 is 0. The Morgan fingerprint density at radius 1 is 0.967 bits per heavy atom. The van der Waals surface area contributed by atoms with Crippen LogP contribution in [0.25, 0.3) is 0 Å². The van der Waals surface area contributed by atoms with Gasteiger partial charge in [0.1, 0.15) is 0 Å². The van der Waals surface area contributed by atoms with E-state index in [4.69, 9.17) is 0 Å². The summed E-state index contributed by atoms with van der Waals surface area (Å²) in [5.41, 5.74) is 1.99. The van der Waals surface area contributed by atoms with E-state index < -0.39 is 0 Å². The lowest BCUT2D eigenvalue weighted by molar-refractivity contribution is -0.134. The van der Waals surface area contributed by atoms with Gasteiger partial charge in [-0.25, -0.2) is 0 Å². The van der Waals surface area contributed by atoms with Crippen LogP contribution in [0.2, 0.25) is 0 Å². The molecule has 1 heterocycles. The van der Waals surface area contributed by atoms with Gasteiger partial charge in [0.2, 0.25) is 5.91 Å². The smallest absolute Gasteiger partial charge is 0.253 e. The highest BCUT2D eigenvalue weighted by molar-refractivity contribution is 5.94. The molecule has 1 aliphatic rings. The Bertz CT molecular complexity index is 798. The number of amides is 2. The van der Waals surface area contributed by atoms with Crippen LogP contribution in [0.5, 0.6) is 0 Å². The summed E-state index contributed by atoms with van der Waals surface area (Å²) in [6.45, 7) is 6.50. The van der Waals surface area contributed by atoms with Gasteiger partial charge in [-0.2, -0.15) is 0 Å². The molecule has 0 aromatic heterocycles. The van der Waals surface area contributed by atoms with E-state index in [0.29, 0.717) is 19.5 Å². The van der Waals surface area contributed by atoms with E-state index in [1.54, 1.807) is 0 Å². The molecule has 1 unspecified atom stereocenters. The summed E-state index contributed by atoms with van der Waals surface area (Å²) in [6, 6.07) is 20.1. The normalized spacial score (nSPS) is 15.6. The molecule has 2 amide bonds. The fourth-order valence-electron chi connectivity index (χ4n) is 4.45. The standard InChI is InChI=1S/C26H34N2O2/c1-3-17-28(25(29)20-21(4-2)22-11-7-5-8-12-22)24-15-18-27(19-16-24)26(30)23-13-9-6-10-14-23/h5-14,21,24H,3-4,15-20H2,1-2H3. The second kappa shape index (κ2) is 11.0. The van der Waals surface area contributed by atoms with Crippen molar-refractivity contribution < 1.29 is 9.59 Å². The van der Waals surface area contributed by atoms with Gasteiger partial charge >= 0.3 is 0 Å². The van der Waals surface area contributed by atoms with E-state index in [0.717, 1.165) is 37.8 Å². The molecule has 1 aliphatic heterocycles. The second-order valence-corrected chi connectivity index (χ2v) is 8.20. The number of piperidine rings is 1. The molecule has 0 aliphatic carbocycles. The Hall–Kier alpha value is -2.62. The Labute approximate surface area is 180 Å². The fraction of sp³-hybridized carbons (Fsp3) is 0.462. The lowest BCUT2D eigenvalue weighted by Crippen LogP contribution is -2.49. The molecule has 1 fully saturated rings. The monoisotopic (exact) mass is 406 g/mol. The molecule has 160 valence electrons. The van der Waals surface area contributed by atoms with Crippen LogP contribution in [0, 0.1) is 0 Å². The first-order chi connectivity index (χ1) is 14.6. The number of hydrogen-bond acceptors (Lipinski definition) is 2. The molecule has 30 heavy (non-hydrogen) atoms. The molecule has 0 bridgehead atoms. The van der Waals surface area contributed by atoms with Gasteiger partial charge < -0.3 is 9.80 Å². The van der Waals surface area contributed by atoms with E-state index in [9.17, 15) is 9.59 Å². The molecular formula is C26H34N2O2.